The number of carboxylic acids is 2. The molecule has 0 saturated heterocycles. The van der Waals surface area contributed by atoms with E-state index in [1.807, 2.05) is 36.6 Å². The van der Waals surface area contributed by atoms with Gasteiger partial charge in [-0.3, -0.25) is 4.79 Å². The summed E-state index contributed by atoms with van der Waals surface area (Å²) in [6.07, 6.45) is -8.22. The minimum atomic E-state index is -5.08. The lowest BCUT2D eigenvalue weighted by atomic mass is 9.96. The number of rotatable bonds is 16. The van der Waals surface area contributed by atoms with Crippen LogP contribution in [0.4, 0.5) is 32.2 Å². The van der Waals surface area contributed by atoms with Gasteiger partial charge >= 0.3 is 30.3 Å². The fourth-order valence-corrected chi connectivity index (χ4v) is 6.30. The summed E-state index contributed by atoms with van der Waals surface area (Å²) in [7, 11) is 0. The standard InChI is InChI=1S/C33H34ClN7O3S2.2C2HF3O2/c1-2-14-39-30-26(17-36)29(21-7-11-25(12-8-21)43-15-16-44-33(42)28(38)4-3-13-35)27(18-37)32(41-30)46-20-24-19-45-31(40-24)22-5-9-23(34)10-6-22;2*3-2(4,5)1(6)7/h5-12,19,28H,2-4,13-16,20,35,38H2,1H3,(H,39,41);2*(H,6,7)/t28-;;/m0../s1. The summed E-state index contributed by atoms with van der Waals surface area (Å²) in [5, 5.41) is 42.0. The van der Waals surface area contributed by atoms with Crippen molar-refractivity contribution in [2.24, 2.45) is 11.5 Å². The Labute approximate surface area is 352 Å². The van der Waals surface area contributed by atoms with Crippen LogP contribution in [0.25, 0.3) is 21.7 Å². The number of benzene rings is 2. The smallest absolute Gasteiger partial charge is 0.490 e. The molecule has 14 nitrogen and oxygen atoms in total. The first-order valence-corrected chi connectivity index (χ1v) is 19.4. The summed E-state index contributed by atoms with van der Waals surface area (Å²) >= 11 is 8.96. The first-order chi connectivity index (χ1) is 28.3. The third kappa shape index (κ3) is 16.5. The van der Waals surface area contributed by atoms with Crippen molar-refractivity contribution in [1.82, 2.24) is 9.97 Å². The molecule has 60 heavy (non-hydrogen) atoms. The molecule has 23 heteroatoms. The molecule has 322 valence electrons. The number of thiazole rings is 1. The molecule has 2 aromatic carbocycles. The van der Waals surface area contributed by atoms with E-state index in [9.17, 15) is 41.7 Å². The van der Waals surface area contributed by atoms with E-state index in [4.69, 9.17) is 62.3 Å². The van der Waals surface area contributed by atoms with Crippen LogP contribution >= 0.6 is 34.7 Å². The zero-order valence-corrected chi connectivity index (χ0v) is 33.7. The van der Waals surface area contributed by atoms with Crippen LogP contribution in [0.2, 0.25) is 5.02 Å². The van der Waals surface area contributed by atoms with E-state index < -0.39 is 36.3 Å². The number of thioether (sulfide) groups is 1. The fraction of sp³-hybridized carbons (Fsp3) is 0.324. The maximum atomic E-state index is 12.0. The van der Waals surface area contributed by atoms with E-state index in [0.29, 0.717) is 75.6 Å². The zero-order chi connectivity index (χ0) is 45.0. The van der Waals surface area contributed by atoms with Gasteiger partial charge in [0.2, 0.25) is 0 Å². The molecule has 0 aliphatic rings. The second kappa shape index (κ2) is 24.4. The Morgan fingerprint density at radius 2 is 1.50 bits per heavy atom. The first kappa shape index (κ1) is 50.5. The number of nitrogens with zero attached hydrogens (tertiary/aromatic N) is 4. The number of alkyl halides is 6. The molecule has 0 radical (unpaired) electrons. The number of carbonyl (C=O) groups is 3. The van der Waals surface area contributed by atoms with Gasteiger partial charge in [-0.25, -0.2) is 19.6 Å². The molecule has 0 amide bonds. The molecule has 0 unspecified atom stereocenters. The molecule has 0 saturated carbocycles. The van der Waals surface area contributed by atoms with Crippen LogP contribution in [0.1, 0.15) is 43.0 Å². The van der Waals surface area contributed by atoms with Gasteiger partial charge < -0.3 is 36.5 Å². The van der Waals surface area contributed by atoms with E-state index in [0.717, 1.165) is 22.7 Å². The highest BCUT2D eigenvalue weighted by atomic mass is 35.5. The van der Waals surface area contributed by atoms with Gasteiger partial charge in [-0.15, -0.1) is 11.3 Å². The number of nitrogens with one attached hydrogen (secondary N) is 1. The van der Waals surface area contributed by atoms with Gasteiger partial charge in [0.15, 0.2) is 0 Å². The quantitative estimate of drug-likeness (QED) is 0.0314. The van der Waals surface area contributed by atoms with Gasteiger partial charge in [0.1, 0.15) is 58.6 Å². The zero-order valence-electron chi connectivity index (χ0n) is 31.3. The SMILES string of the molecule is CCCNc1nc(SCc2csc(-c3ccc(Cl)cc3)n2)c(C#N)c(-c2ccc(OCCOC(=O)[C@@H](N)CCCN)cc2)c1C#N.O=C(O)C(F)(F)F.O=C(O)C(F)(F)F. The lowest BCUT2D eigenvalue weighted by molar-refractivity contribution is -0.193. The topological polar surface area (TPSA) is 248 Å². The van der Waals surface area contributed by atoms with Gasteiger partial charge in [0.05, 0.1) is 11.3 Å². The molecule has 4 rings (SSSR count). The predicted molar refractivity (Wildman–Crippen MR) is 210 cm³/mol. The normalized spacial score (nSPS) is 11.3. The van der Waals surface area contributed by atoms with Gasteiger partial charge in [-0.2, -0.15) is 36.9 Å². The summed E-state index contributed by atoms with van der Waals surface area (Å²) in [5.74, 6) is -4.55. The number of nitriles is 2. The van der Waals surface area contributed by atoms with Crippen molar-refractivity contribution in [2.45, 2.75) is 55.4 Å². The molecule has 0 fully saturated rings. The summed E-state index contributed by atoms with van der Waals surface area (Å²) in [6, 6.07) is 18.4. The lowest BCUT2D eigenvalue weighted by Crippen LogP contribution is -2.33. The minimum Gasteiger partial charge on any atom is -0.490 e. The van der Waals surface area contributed by atoms with Crippen LogP contribution in [0.5, 0.6) is 5.75 Å². The summed E-state index contributed by atoms with van der Waals surface area (Å²) < 4.78 is 74.4. The van der Waals surface area contributed by atoms with E-state index in [-0.39, 0.29) is 13.2 Å². The Bertz CT molecular complexity index is 2100. The number of anilines is 1. The molecule has 2 heterocycles. The second-order valence-corrected chi connectivity index (χ2v) is 13.9. The Balaban J connectivity index is 0.000000758. The largest absolute Gasteiger partial charge is 0.490 e. The highest BCUT2D eigenvalue weighted by Gasteiger charge is 2.39. The van der Waals surface area contributed by atoms with Crippen molar-refractivity contribution in [3.63, 3.8) is 0 Å². The highest BCUT2D eigenvalue weighted by molar-refractivity contribution is 7.98. The predicted octanol–water partition coefficient (Wildman–Crippen LogP) is 7.64. The van der Waals surface area contributed by atoms with Crippen LogP contribution in [0.15, 0.2) is 58.9 Å². The van der Waals surface area contributed by atoms with Crippen molar-refractivity contribution in [2.75, 3.05) is 31.6 Å². The Kier molecular flexibility index (Phi) is 20.6. The first-order valence-electron chi connectivity index (χ1n) is 17.2. The van der Waals surface area contributed by atoms with Crippen molar-refractivity contribution >= 4 is 58.4 Å². The average molecular weight is 904 g/mol. The molecule has 0 aliphatic heterocycles. The van der Waals surface area contributed by atoms with Crippen LogP contribution < -0.4 is 21.5 Å². The number of aromatic nitrogens is 2. The number of nitrogens with two attached hydrogens (primary N) is 2. The third-order valence-electron chi connectivity index (χ3n) is 7.18. The molecule has 0 aliphatic carbocycles. The summed E-state index contributed by atoms with van der Waals surface area (Å²) in [5.41, 5.74) is 14.9. The molecular formula is C37H36ClF6N7O7S2. The van der Waals surface area contributed by atoms with E-state index in [1.165, 1.54) is 23.1 Å². The summed E-state index contributed by atoms with van der Waals surface area (Å²) in [4.78, 5) is 39.3. The van der Waals surface area contributed by atoms with Crippen LogP contribution in [0.3, 0.4) is 0 Å². The van der Waals surface area contributed by atoms with Crippen LogP contribution in [-0.4, -0.2) is 82.8 Å². The molecular weight excluding hydrogens is 868 g/mol. The van der Waals surface area contributed by atoms with E-state index in [1.54, 1.807) is 24.3 Å². The number of aliphatic carboxylic acids is 2. The number of hydrogen-bond acceptors (Lipinski definition) is 14. The monoisotopic (exact) mass is 903 g/mol. The number of pyridine rings is 1. The van der Waals surface area contributed by atoms with Gasteiger partial charge in [-0.1, -0.05) is 54.6 Å². The molecule has 0 spiro atoms. The maximum absolute atomic E-state index is 12.0. The van der Waals surface area contributed by atoms with E-state index in [2.05, 4.69) is 17.5 Å². The number of esters is 1. The van der Waals surface area contributed by atoms with Gasteiger partial charge in [0.25, 0.3) is 0 Å². The highest BCUT2D eigenvalue weighted by Crippen LogP contribution is 2.38. The molecule has 4 aromatic rings. The second-order valence-electron chi connectivity index (χ2n) is 11.7. The van der Waals surface area contributed by atoms with Crippen molar-refractivity contribution < 1.29 is 60.4 Å². The number of carbonyl (C=O) groups excluding carboxylic acids is 1. The number of ether oxygens (including phenoxy) is 2. The van der Waals surface area contributed by atoms with Crippen molar-refractivity contribution in [1.29, 1.82) is 10.5 Å². The number of halogens is 7. The number of hydrogen-bond donors (Lipinski definition) is 5. The Hall–Kier alpha value is -5.65. The molecule has 2 aromatic heterocycles. The van der Waals surface area contributed by atoms with Crippen molar-refractivity contribution in [3.05, 3.63) is 75.8 Å². The molecule has 1 atom stereocenters. The van der Waals surface area contributed by atoms with Crippen LogP contribution in [0, 0.1) is 22.7 Å². The van der Waals surface area contributed by atoms with Crippen molar-refractivity contribution in [3.8, 4) is 39.6 Å². The Morgan fingerprint density at radius 1 is 0.933 bits per heavy atom. The van der Waals surface area contributed by atoms with E-state index >= 15 is 0 Å². The number of carboxylic acid groups (broad SMARTS) is 2. The average Bonchev–Trinajstić information content (AvgIpc) is 3.68. The molecule has 0 bridgehead atoms. The molecule has 7 N–H and O–H groups in total. The lowest BCUT2D eigenvalue weighted by Gasteiger charge is -2.16. The summed E-state index contributed by atoms with van der Waals surface area (Å²) in [6.45, 7) is 3.28. The maximum Gasteiger partial charge on any atom is 0.490 e. The van der Waals surface area contributed by atoms with Crippen LogP contribution in [-0.2, 0) is 24.9 Å². The fourth-order valence-electron chi connectivity index (χ4n) is 4.36. The van der Waals surface area contributed by atoms with Gasteiger partial charge in [0, 0.05) is 33.8 Å². The third-order valence-corrected chi connectivity index (χ3v) is 9.38. The minimum absolute atomic E-state index is 0.0473. The Morgan fingerprint density at radius 3 is 2.02 bits per heavy atom. The van der Waals surface area contributed by atoms with Gasteiger partial charge in [-0.05, 0) is 55.6 Å².